The molecule has 0 aromatic carbocycles. The predicted octanol–water partition coefficient (Wildman–Crippen LogP) is 1.68. The van der Waals surface area contributed by atoms with E-state index >= 15 is 0 Å². The average molecular weight is 277 g/mol. The summed E-state index contributed by atoms with van der Waals surface area (Å²) in [6.07, 6.45) is 9.70. The third kappa shape index (κ3) is 4.85. The van der Waals surface area contributed by atoms with Gasteiger partial charge in [-0.1, -0.05) is 19.1 Å². The number of nitrogens with zero attached hydrogens (tertiary/aromatic N) is 3. The van der Waals surface area contributed by atoms with Crippen molar-refractivity contribution in [1.82, 2.24) is 9.80 Å². The molecule has 0 bridgehead atoms. The normalized spacial score (nSPS) is 22.1. The smallest absolute Gasteiger partial charge is 0.0558 e. The van der Waals surface area contributed by atoms with Crippen molar-refractivity contribution in [3.63, 3.8) is 0 Å². The second-order valence-electron chi connectivity index (χ2n) is 5.55. The van der Waals surface area contributed by atoms with Crippen LogP contribution in [0.3, 0.4) is 0 Å². The molecule has 1 N–H and O–H groups in total. The fourth-order valence-electron chi connectivity index (χ4n) is 2.75. The number of β-amino-alcohol motifs (C(OH)–C–C–N with tert-alkyl or cyclic N) is 1. The lowest BCUT2D eigenvalue weighted by atomic mass is 10.2. The Kier molecular flexibility index (Phi) is 6.43. The Hall–Kier alpha value is -0.970. The highest BCUT2D eigenvalue weighted by Crippen LogP contribution is 2.11. The molecule has 2 aliphatic rings. The number of aliphatic hydroxyl groups is 1. The predicted molar refractivity (Wildman–Crippen MR) is 84.1 cm³/mol. The van der Waals surface area contributed by atoms with Crippen molar-refractivity contribution in [3.8, 4) is 0 Å². The van der Waals surface area contributed by atoms with Crippen LogP contribution in [-0.2, 0) is 0 Å². The lowest BCUT2D eigenvalue weighted by molar-refractivity contribution is 0.198. The van der Waals surface area contributed by atoms with E-state index in [0.29, 0.717) is 0 Å². The molecule has 2 heterocycles. The summed E-state index contributed by atoms with van der Waals surface area (Å²) in [4.78, 5) is 9.43. The number of hydrogen-bond donors (Lipinski definition) is 1. The minimum atomic E-state index is 0.266. The van der Waals surface area contributed by atoms with E-state index in [1.165, 1.54) is 17.7 Å². The standard InChI is InChI=1S/C16H27N3O/c1-2-16-6-3-5-15(13-17-16)14-19-8-4-7-18(9-10-19)11-12-20/h3,5,13,20H,2,4,6-12,14H2,1H3. The van der Waals surface area contributed by atoms with E-state index in [0.717, 1.165) is 52.1 Å². The topological polar surface area (TPSA) is 39.1 Å². The molecule has 0 saturated carbocycles. The van der Waals surface area contributed by atoms with Crippen LogP contribution in [0, 0.1) is 0 Å². The number of rotatable bonds is 5. The molecule has 2 rings (SSSR count). The van der Waals surface area contributed by atoms with Crippen molar-refractivity contribution in [2.24, 2.45) is 4.99 Å². The number of aliphatic imine (C=N–C) groups is 1. The fourth-order valence-corrected chi connectivity index (χ4v) is 2.75. The van der Waals surface area contributed by atoms with Crippen LogP contribution in [0.2, 0.25) is 0 Å². The maximum atomic E-state index is 9.03. The Labute approximate surface area is 122 Å². The molecule has 20 heavy (non-hydrogen) atoms. The van der Waals surface area contributed by atoms with Crippen LogP contribution in [0.25, 0.3) is 0 Å². The summed E-state index contributed by atoms with van der Waals surface area (Å²) >= 11 is 0. The minimum Gasteiger partial charge on any atom is -0.395 e. The van der Waals surface area contributed by atoms with Crippen LogP contribution in [0.1, 0.15) is 26.2 Å². The second kappa shape index (κ2) is 8.35. The van der Waals surface area contributed by atoms with Gasteiger partial charge in [0.25, 0.3) is 0 Å². The first-order valence-corrected chi connectivity index (χ1v) is 7.78. The summed E-state index contributed by atoms with van der Waals surface area (Å²) in [6, 6.07) is 0. The quantitative estimate of drug-likeness (QED) is 0.831. The van der Waals surface area contributed by atoms with Crippen LogP contribution in [0.4, 0.5) is 0 Å². The summed E-state index contributed by atoms with van der Waals surface area (Å²) in [5.74, 6) is 0. The Morgan fingerprint density at radius 1 is 1.20 bits per heavy atom. The first-order chi connectivity index (χ1) is 9.81. The van der Waals surface area contributed by atoms with E-state index in [2.05, 4.69) is 33.9 Å². The Balaban J connectivity index is 1.87. The SMILES string of the molecule is CCC1=NC=C(CN2CCCN(CCO)CC2)C=CC1. The largest absolute Gasteiger partial charge is 0.395 e. The molecule has 1 fully saturated rings. The number of aliphatic hydroxyl groups excluding tert-OH is 1. The summed E-state index contributed by atoms with van der Waals surface area (Å²) in [5.41, 5.74) is 2.57. The van der Waals surface area contributed by atoms with Crippen molar-refractivity contribution >= 4 is 5.71 Å². The van der Waals surface area contributed by atoms with E-state index in [1.807, 2.05) is 6.20 Å². The van der Waals surface area contributed by atoms with Gasteiger partial charge in [0.1, 0.15) is 0 Å². The molecule has 4 heteroatoms. The molecule has 0 radical (unpaired) electrons. The van der Waals surface area contributed by atoms with E-state index in [-0.39, 0.29) is 6.61 Å². The summed E-state index contributed by atoms with van der Waals surface area (Å²) in [6.45, 7) is 8.60. The van der Waals surface area contributed by atoms with Gasteiger partial charge in [-0.25, -0.2) is 0 Å². The van der Waals surface area contributed by atoms with Crippen LogP contribution in [0.5, 0.6) is 0 Å². The fraction of sp³-hybridized carbons (Fsp3) is 0.688. The van der Waals surface area contributed by atoms with Crippen molar-refractivity contribution < 1.29 is 5.11 Å². The van der Waals surface area contributed by atoms with Gasteiger partial charge in [0.15, 0.2) is 0 Å². The number of hydrogen-bond acceptors (Lipinski definition) is 4. The van der Waals surface area contributed by atoms with E-state index in [1.54, 1.807) is 0 Å². The first kappa shape index (κ1) is 15.4. The zero-order chi connectivity index (χ0) is 14.2. The van der Waals surface area contributed by atoms with Gasteiger partial charge in [0, 0.05) is 44.5 Å². The van der Waals surface area contributed by atoms with Gasteiger partial charge in [-0.05, 0) is 31.5 Å². The summed E-state index contributed by atoms with van der Waals surface area (Å²) < 4.78 is 0. The molecule has 0 aromatic rings. The van der Waals surface area contributed by atoms with Gasteiger partial charge < -0.3 is 5.11 Å². The maximum Gasteiger partial charge on any atom is 0.0558 e. The van der Waals surface area contributed by atoms with Crippen LogP contribution >= 0.6 is 0 Å². The molecule has 0 aromatic heterocycles. The molecule has 4 nitrogen and oxygen atoms in total. The highest BCUT2D eigenvalue weighted by atomic mass is 16.3. The Morgan fingerprint density at radius 3 is 2.80 bits per heavy atom. The van der Waals surface area contributed by atoms with Crippen molar-refractivity contribution in [1.29, 1.82) is 0 Å². The molecule has 2 aliphatic heterocycles. The molecular weight excluding hydrogens is 250 g/mol. The monoisotopic (exact) mass is 277 g/mol. The highest BCUT2D eigenvalue weighted by molar-refractivity contribution is 5.86. The van der Waals surface area contributed by atoms with E-state index in [4.69, 9.17) is 5.11 Å². The van der Waals surface area contributed by atoms with Gasteiger partial charge >= 0.3 is 0 Å². The van der Waals surface area contributed by atoms with Gasteiger partial charge in [-0.2, -0.15) is 0 Å². The Morgan fingerprint density at radius 2 is 2.00 bits per heavy atom. The van der Waals surface area contributed by atoms with Crippen LogP contribution < -0.4 is 0 Å². The van der Waals surface area contributed by atoms with Crippen molar-refractivity contribution in [2.45, 2.75) is 26.2 Å². The lowest BCUT2D eigenvalue weighted by Crippen LogP contribution is -2.33. The third-order valence-electron chi connectivity index (χ3n) is 4.01. The lowest BCUT2D eigenvalue weighted by Gasteiger charge is -2.21. The zero-order valence-corrected chi connectivity index (χ0v) is 12.6. The zero-order valence-electron chi connectivity index (χ0n) is 12.6. The third-order valence-corrected chi connectivity index (χ3v) is 4.01. The summed E-state index contributed by atoms with van der Waals surface area (Å²) in [7, 11) is 0. The molecule has 112 valence electrons. The molecule has 0 aliphatic carbocycles. The second-order valence-corrected chi connectivity index (χ2v) is 5.55. The highest BCUT2D eigenvalue weighted by Gasteiger charge is 2.15. The minimum absolute atomic E-state index is 0.266. The van der Waals surface area contributed by atoms with Crippen LogP contribution in [-0.4, -0.2) is 66.5 Å². The molecular formula is C16H27N3O. The molecule has 0 spiro atoms. The molecule has 0 amide bonds. The van der Waals surface area contributed by atoms with Gasteiger partial charge in [-0.3, -0.25) is 14.8 Å². The number of allylic oxidation sites excluding steroid dienone is 1. The van der Waals surface area contributed by atoms with Gasteiger partial charge in [0.2, 0.25) is 0 Å². The van der Waals surface area contributed by atoms with Crippen molar-refractivity contribution in [2.75, 3.05) is 45.9 Å². The van der Waals surface area contributed by atoms with E-state index < -0.39 is 0 Å². The maximum absolute atomic E-state index is 9.03. The Bertz CT molecular complexity index is 387. The van der Waals surface area contributed by atoms with Crippen LogP contribution in [0.15, 0.2) is 28.9 Å². The van der Waals surface area contributed by atoms with Crippen molar-refractivity contribution in [3.05, 3.63) is 23.9 Å². The summed E-state index contributed by atoms with van der Waals surface area (Å²) in [5, 5.41) is 9.03. The molecule has 1 saturated heterocycles. The average Bonchev–Trinajstić information content (AvgIpc) is 2.81. The first-order valence-electron chi connectivity index (χ1n) is 7.78. The molecule has 0 atom stereocenters. The van der Waals surface area contributed by atoms with E-state index in [9.17, 15) is 0 Å². The van der Waals surface area contributed by atoms with Gasteiger partial charge in [-0.15, -0.1) is 0 Å². The van der Waals surface area contributed by atoms with Gasteiger partial charge in [0.05, 0.1) is 6.61 Å². The molecule has 0 unspecified atom stereocenters.